The third-order valence-electron chi connectivity index (χ3n) is 5.53. The van der Waals surface area contributed by atoms with Crippen molar-refractivity contribution in [2.75, 3.05) is 0 Å². The number of thiocarbonyl (C=S) groups is 1. The average Bonchev–Trinajstić information content (AvgIpc) is 3.56. The topological polar surface area (TPSA) is 89.4 Å². The molecule has 0 radical (unpaired) electrons. The Bertz CT molecular complexity index is 1240. The maximum atomic E-state index is 11.1. The third kappa shape index (κ3) is 3.63. The van der Waals surface area contributed by atoms with Crippen molar-refractivity contribution in [3.63, 3.8) is 0 Å². The molecular formula is C23H19N5O3S. The summed E-state index contributed by atoms with van der Waals surface area (Å²) in [6, 6.07) is 19.7. The number of nitro groups is 1. The lowest BCUT2D eigenvalue weighted by Gasteiger charge is -2.28. The number of hydrogen-bond donors (Lipinski definition) is 1. The van der Waals surface area contributed by atoms with Crippen molar-refractivity contribution in [3.8, 4) is 5.69 Å². The Hall–Kier alpha value is -3.98. The van der Waals surface area contributed by atoms with Crippen LogP contribution in [0.1, 0.15) is 29.2 Å². The number of nitrogens with one attached hydrogen (secondary N) is 1. The molecule has 8 nitrogen and oxygen atoms in total. The summed E-state index contributed by atoms with van der Waals surface area (Å²) in [4.78, 5) is 17.3. The van der Waals surface area contributed by atoms with Gasteiger partial charge in [0.1, 0.15) is 5.76 Å². The van der Waals surface area contributed by atoms with E-state index in [1.165, 1.54) is 12.1 Å². The molecule has 0 aliphatic carbocycles. The summed E-state index contributed by atoms with van der Waals surface area (Å²) in [5, 5.41) is 15.1. The Balaban J connectivity index is 1.58. The fourth-order valence-corrected chi connectivity index (χ4v) is 4.38. The van der Waals surface area contributed by atoms with E-state index in [0.717, 1.165) is 22.8 Å². The van der Waals surface area contributed by atoms with Crippen molar-refractivity contribution >= 4 is 23.0 Å². The summed E-state index contributed by atoms with van der Waals surface area (Å²) in [5.41, 5.74) is 2.73. The van der Waals surface area contributed by atoms with E-state index in [1.807, 2.05) is 53.2 Å². The first kappa shape index (κ1) is 20.0. The van der Waals surface area contributed by atoms with E-state index in [9.17, 15) is 10.1 Å². The van der Waals surface area contributed by atoms with Crippen LogP contribution in [0, 0.1) is 10.1 Å². The minimum atomic E-state index is -0.401. The van der Waals surface area contributed by atoms with Crippen LogP contribution in [0.5, 0.6) is 0 Å². The zero-order valence-corrected chi connectivity index (χ0v) is 17.7. The lowest BCUT2D eigenvalue weighted by molar-refractivity contribution is -0.384. The molecule has 1 N–H and O–H groups in total. The monoisotopic (exact) mass is 445 g/mol. The molecule has 0 spiro atoms. The fourth-order valence-electron chi connectivity index (χ4n) is 4.07. The van der Waals surface area contributed by atoms with E-state index in [1.54, 1.807) is 24.6 Å². The molecule has 0 bridgehead atoms. The Kier molecular flexibility index (Phi) is 5.16. The number of pyridine rings is 1. The van der Waals surface area contributed by atoms with Gasteiger partial charge in [0, 0.05) is 35.9 Å². The van der Waals surface area contributed by atoms with Crippen LogP contribution in [0.4, 0.5) is 5.69 Å². The standard InChI is InChI=1S/C23H19N5O3S/c29-28(30)17-10-8-16(9-11-17)26-13-3-7-20(26)22-21(19-6-1-2-12-24-19)25-23(32)27(22)15-18-5-4-14-31-18/h1-14,21-22H,15H2,(H,25,32)/t21-,22+/m0/s1. The van der Waals surface area contributed by atoms with Crippen molar-refractivity contribution in [1.82, 2.24) is 19.8 Å². The smallest absolute Gasteiger partial charge is 0.269 e. The van der Waals surface area contributed by atoms with Crippen molar-refractivity contribution < 1.29 is 9.34 Å². The van der Waals surface area contributed by atoms with Crippen LogP contribution in [0.3, 0.4) is 0 Å². The van der Waals surface area contributed by atoms with Gasteiger partial charge in [-0.3, -0.25) is 15.1 Å². The summed E-state index contributed by atoms with van der Waals surface area (Å²) < 4.78 is 7.61. The molecule has 1 aliphatic heterocycles. The zero-order valence-electron chi connectivity index (χ0n) is 16.9. The highest BCUT2D eigenvalue weighted by molar-refractivity contribution is 7.80. The van der Waals surface area contributed by atoms with E-state index < -0.39 is 4.92 Å². The van der Waals surface area contributed by atoms with Gasteiger partial charge in [0.15, 0.2) is 5.11 Å². The van der Waals surface area contributed by atoms with E-state index in [2.05, 4.69) is 15.2 Å². The zero-order chi connectivity index (χ0) is 22.1. The minimum Gasteiger partial charge on any atom is -0.467 e. The second-order valence-electron chi connectivity index (χ2n) is 7.41. The van der Waals surface area contributed by atoms with Crippen molar-refractivity contribution in [3.05, 3.63) is 113 Å². The number of hydrogen-bond acceptors (Lipinski definition) is 5. The Labute approximate surface area is 189 Å². The molecule has 1 aliphatic rings. The van der Waals surface area contributed by atoms with E-state index in [4.69, 9.17) is 16.6 Å². The SMILES string of the molecule is O=[N+]([O-])c1ccc(-n2cccc2[C@@H]2[C@H](c3ccccn3)NC(=S)N2Cc2ccco2)cc1. The summed E-state index contributed by atoms with van der Waals surface area (Å²) in [6.45, 7) is 0.498. The lowest BCUT2D eigenvalue weighted by Crippen LogP contribution is -2.29. The Morgan fingerprint density at radius 1 is 1.09 bits per heavy atom. The van der Waals surface area contributed by atoms with Gasteiger partial charge >= 0.3 is 0 Å². The molecule has 1 saturated heterocycles. The van der Waals surface area contributed by atoms with E-state index >= 15 is 0 Å². The maximum absolute atomic E-state index is 11.1. The van der Waals surface area contributed by atoms with Crippen LogP contribution in [-0.2, 0) is 6.54 Å². The second kappa shape index (κ2) is 8.27. The minimum absolute atomic E-state index is 0.0528. The highest BCUT2D eigenvalue weighted by Gasteiger charge is 2.41. The molecule has 32 heavy (non-hydrogen) atoms. The van der Waals surface area contributed by atoms with Crippen LogP contribution < -0.4 is 5.32 Å². The van der Waals surface area contributed by atoms with Crippen LogP contribution in [-0.4, -0.2) is 24.5 Å². The van der Waals surface area contributed by atoms with E-state index in [0.29, 0.717) is 11.7 Å². The van der Waals surface area contributed by atoms with Gasteiger partial charge in [0.05, 0.1) is 35.5 Å². The number of rotatable bonds is 6. The first-order valence-corrected chi connectivity index (χ1v) is 10.4. The molecule has 4 aromatic rings. The summed E-state index contributed by atoms with van der Waals surface area (Å²) in [7, 11) is 0. The number of nitro benzene ring substituents is 1. The first-order chi connectivity index (χ1) is 15.6. The molecule has 1 aromatic carbocycles. The van der Waals surface area contributed by atoms with E-state index in [-0.39, 0.29) is 17.8 Å². The molecule has 9 heteroatoms. The van der Waals surface area contributed by atoms with Gasteiger partial charge in [-0.05, 0) is 60.7 Å². The molecule has 4 heterocycles. The van der Waals surface area contributed by atoms with Gasteiger partial charge < -0.3 is 19.2 Å². The Morgan fingerprint density at radius 2 is 1.94 bits per heavy atom. The normalized spacial score (nSPS) is 18.0. The van der Waals surface area contributed by atoms with Crippen LogP contribution in [0.25, 0.3) is 5.69 Å². The van der Waals surface area contributed by atoms with Gasteiger partial charge in [-0.2, -0.15) is 0 Å². The molecule has 5 rings (SSSR count). The summed E-state index contributed by atoms with van der Waals surface area (Å²) in [5.74, 6) is 0.800. The van der Waals surface area contributed by atoms with Crippen LogP contribution >= 0.6 is 12.2 Å². The van der Waals surface area contributed by atoms with Crippen LogP contribution in [0.2, 0.25) is 0 Å². The summed E-state index contributed by atoms with van der Waals surface area (Å²) in [6.07, 6.45) is 5.35. The number of furan rings is 1. The molecule has 0 saturated carbocycles. The van der Waals surface area contributed by atoms with Gasteiger partial charge in [0.25, 0.3) is 5.69 Å². The van der Waals surface area contributed by atoms with Crippen molar-refractivity contribution in [2.24, 2.45) is 0 Å². The number of aromatic nitrogens is 2. The molecular weight excluding hydrogens is 426 g/mol. The fraction of sp³-hybridized carbons (Fsp3) is 0.130. The van der Waals surface area contributed by atoms with Gasteiger partial charge in [-0.1, -0.05) is 6.07 Å². The highest BCUT2D eigenvalue weighted by atomic mass is 32.1. The molecule has 2 atom stereocenters. The van der Waals surface area contributed by atoms with Gasteiger partial charge in [0.2, 0.25) is 0 Å². The number of non-ortho nitro benzene ring substituents is 1. The first-order valence-electron chi connectivity index (χ1n) is 10.0. The molecule has 160 valence electrons. The number of nitrogens with zero attached hydrogens (tertiary/aromatic N) is 4. The highest BCUT2D eigenvalue weighted by Crippen LogP contribution is 2.40. The quantitative estimate of drug-likeness (QED) is 0.265. The Morgan fingerprint density at radius 3 is 2.62 bits per heavy atom. The second-order valence-corrected chi connectivity index (χ2v) is 7.80. The maximum Gasteiger partial charge on any atom is 0.269 e. The third-order valence-corrected chi connectivity index (χ3v) is 5.88. The molecule has 1 fully saturated rings. The predicted octanol–water partition coefficient (Wildman–Crippen LogP) is 4.55. The molecule has 0 amide bonds. The largest absolute Gasteiger partial charge is 0.467 e. The number of benzene rings is 1. The average molecular weight is 446 g/mol. The van der Waals surface area contributed by atoms with Crippen molar-refractivity contribution in [1.29, 1.82) is 0 Å². The van der Waals surface area contributed by atoms with Gasteiger partial charge in [-0.25, -0.2) is 0 Å². The van der Waals surface area contributed by atoms with Crippen molar-refractivity contribution in [2.45, 2.75) is 18.6 Å². The predicted molar refractivity (Wildman–Crippen MR) is 122 cm³/mol. The molecule has 3 aromatic heterocycles. The summed E-state index contributed by atoms with van der Waals surface area (Å²) >= 11 is 5.71. The lowest BCUT2D eigenvalue weighted by atomic mass is 10.0. The molecule has 0 unspecified atom stereocenters. The van der Waals surface area contributed by atoms with Gasteiger partial charge in [-0.15, -0.1) is 0 Å². The van der Waals surface area contributed by atoms with Crippen LogP contribution in [0.15, 0.2) is 89.8 Å².